The van der Waals surface area contributed by atoms with Crippen LogP contribution in [-0.2, 0) is 0 Å². The molecule has 6 nitrogen and oxygen atoms in total. The van der Waals surface area contributed by atoms with Crippen LogP contribution in [-0.4, -0.2) is 17.5 Å². The molecule has 5 rings (SSSR count). The molecule has 0 N–H and O–H groups in total. The van der Waals surface area contributed by atoms with E-state index in [0.717, 1.165) is 23.1 Å². The molecule has 0 fully saturated rings. The van der Waals surface area contributed by atoms with Gasteiger partial charge in [-0.3, -0.25) is 14.5 Å². The van der Waals surface area contributed by atoms with Crippen LogP contribution in [0.1, 0.15) is 52.2 Å². The summed E-state index contributed by atoms with van der Waals surface area (Å²) < 4.78 is 11.9. The second-order valence-corrected chi connectivity index (χ2v) is 8.79. The molecule has 3 heterocycles. The van der Waals surface area contributed by atoms with Crippen molar-refractivity contribution in [1.82, 2.24) is 4.98 Å². The number of thiazole rings is 1. The second-order valence-electron chi connectivity index (χ2n) is 7.92. The van der Waals surface area contributed by atoms with Crippen LogP contribution in [0.2, 0.25) is 0 Å². The molecule has 0 saturated carbocycles. The molecule has 1 aliphatic heterocycles. The van der Waals surface area contributed by atoms with Gasteiger partial charge in [-0.15, -0.1) is 11.3 Å². The molecule has 2 aromatic carbocycles. The van der Waals surface area contributed by atoms with Crippen molar-refractivity contribution in [3.8, 4) is 5.75 Å². The van der Waals surface area contributed by atoms with Gasteiger partial charge in [0.25, 0.3) is 5.91 Å². The Morgan fingerprint density at radius 3 is 2.72 bits per heavy atom. The SMILES string of the molecule is CCCOc1cccc(C2c3c(oc4cc(C)c(C)cc4c3=O)C(=O)N2c2nccs2)c1. The smallest absolute Gasteiger partial charge is 0.297 e. The molecule has 162 valence electrons. The highest BCUT2D eigenvalue weighted by Gasteiger charge is 2.44. The van der Waals surface area contributed by atoms with Crippen LogP contribution >= 0.6 is 11.3 Å². The van der Waals surface area contributed by atoms with E-state index in [1.54, 1.807) is 11.1 Å². The Hall–Kier alpha value is -3.45. The van der Waals surface area contributed by atoms with Crippen LogP contribution < -0.4 is 15.1 Å². The van der Waals surface area contributed by atoms with E-state index in [-0.39, 0.29) is 17.1 Å². The monoisotopic (exact) mass is 446 g/mol. The zero-order valence-electron chi connectivity index (χ0n) is 18.0. The number of aromatic nitrogens is 1. The third-order valence-electron chi connectivity index (χ3n) is 5.76. The summed E-state index contributed by atoms with van der Waals surface area (Å²) in [6.45, 7) is 6.54. The Morgan fingerprint density at radius 2 is 1.97 bits per heavy atom. The molecule has 2 aromatic heterocycles. The van der Waals surface area contributed by atoms with E-state index in [9.17, 15) is 9.59 Å². The largest absolute Gasteiger partial charge is 0.494 e. The van der Waals surface area contributed by atoms with Crippen molar-refractivity contribution in [2.75, 3.05) is 11.5 Å². The lowest BCUT2D eigenvalue weighted by Gasteiger charge is -2.23. The molecule has 1 atom stereocenters. The first-order chi connectivity index (χ1) is 15.5. The fourth-order valence-electron chi connectivity index (χ4n) is 4.07. The highest BCUT2D eigenvalue weighted by atomic mass is 32.1. The lowest BCUT2D eigenvalue weighted by molar-refractivity contribution is 0.0971. The van der Waals surface area contributed by atoms with Crippen molar-refractivity contribution < 1.29 is 13.9 Å². The van der Waals surface area contributed by atoms with Crippen LogP contribution in [0.5, 0.6) is 5.75 Å². The molecule has 1 unspecified atom stereocenters. The quantitative estimate of drug-likeness (QED) is 0.410. The highest BCUT2D eigenvalue weighted by molar-refractivity contribution is 7.13. The number of anilines is 1. The van der Waals surface area contributed by atoms with Gasteiger partial charge in [0.05, 0.1) is 23.6 Å². The van der Waals surface area contributed by atoms with Gasteiger partial charge in [0.2, 0.25) is 5.76 Å². The van der Waals surface area contributed by atoms with Crippen LogP contribution in [0, 0.1) is 13.8 Å². The Bertz CT molecular complexity index is 1390. The van der Waals surface area contributed by atoms with Crippen molar-refractivity contribution in [2.45, 2.75) is 33.2 Å². The molecule has 0 radical (unpaired) electrons. The van der Waals surface area contributed by atoms with Crippen molar-refractivity contribution >= 4 is 33.3 Å². The highest BCUT2D eigenvalue weighted by Crippen LogP contribution is 2.42. The van der Waals surface area contributed by atoms with Crippen LogP contribution in [0.3, 0.4) is 0 Å². The van der Waals surface area contributed by atoms with E-state index in [2.05, 4.69) is 4.98 Å². The Labute approximate surface area is 189 Å². The van der Waals surface area contributed by atoms with Gasteiger partial charge >= 0.3 is 0 Å². The summed E-state index contributed by atoms with van der Waals surface area (Å²) >= 11 is 1.35. The normalized spacial score (nSPS) is 15.4. The van der Waals surface area contributed by atoms with E-state index < -0.39 is 6.04 Å². The molecular formula is C25H22N2O4S. The maximum atomic E-state index is 13.7. The van der Waals surface area contributed by atoms with E-state index in [4.69, 9.17) is 9.15 Å². The molecule has 1 amide bonds. The summed E-state index contributed by atoms with van der Waals surface area (Å²) in [5.41, 5.74) is 3.34. The molecular weight excluding hydrogens is 424 g/mol. The van der Waals surface area contributed by atoms with Crippen molar-refractivity contribution in [1.29, 1.82) is 0 Å². The summed E-state index contributed by atoms with van der Waals surface area (Å²) in [6, 6.07) is 10.5. The summed E-state index contributed by atoms with van der Waals surface area (Å²) in [4.78, 5) is 33.1. The number of hydrogen-bond donors (Lipinski definition) is 0. The maximum absolute atomic E-state index is 13.7. The molecule has 32 heavy (non-hydrogen) atoms. The number of rotatable bonds is 5. The standard InChI is InChI=1S/C25H22N2O4S/c1-4-9-30-17-7-5-6-16(13-17)21-20-22(28)18-11-14(2)15(3)12-19(18)31-23(20)24(29)27(21)25-26-8-10-32-25/h5-8,10-13,21H,4,9H2,1-3H3. The van der Waals surface area contributed by atoms with Crippen LogP contribution in [0.4, 0.5) is 5.13 Å². The number of ether oxygens (including phenoxy) is 1. The fraction of sp³-hybridized carbons (Fsp3) is 0.240. The predicted molar refractivity (Wildman–Crippen MR) is 125 cm³/mol. The van der Waals surface area contributed by atoms with Gasteiger partial charge in [-0.1, -0.05) is 19.1 Å². The average molecular weight is 447 g/mol. The van der Waals surface area contributed by atoms with Crippen molar-refractivity contribution in [3.63, 3.8) is 0 Å². The average Bonchev–Trinajstić information content (AvgIpc) is 3.41. The second kappa shape index (κ2) is 7.91. The van der Waals surface area contributed by atoms with Crippen molar-refractivity contribution in [3.05, 3.63) is 86.2 Å². The lowest BCUT2D eigenvalue weighted by atomic mass is 9.97. The molecule has 0 spiro atoms. The number of hydrogen-bond acceptors (Lipinski definition) is 6. The molecule has 7 heteroatoms. The van der Waals surface area contributed by atoms with Gasteiger partial charge in [0, 0.05) is 11.6 Å². The Kier molecular flexibility index (Phi) is 5.06. The molecule has 0 bridgehead atoms. The van der Waals surface area contributed by atoms with Gasteiger partial charge in [-0.25, -0.2) is 4.98 Å². The van der Waals surface area contributed by atoms with Crippen LogP contribution in [0.25, 0.3) is 11.0 Å². The number of benzene rings is 2. The molecule has 4 aromatic rings. The zero-order chi connectivity index (χ0) is 22.4. The van der Waals surface area contributed by atoms with Gasteiger partial charge < -0.3 is 9.15 Å². The number of aryl methyl sites for hydroxylation is 2. The maximum Gasteiger partial charge on any atom is 0.297 e. The first-order valence-corrected chi connectivity index (χ1v) is 11.4. The third-order valence-corrected chi connectivity index (χ3v) is 6.53. The molecule has 0 aliphatic carbocycles. The number of nitrogens with zero attached hydrogens (tertiary/aromatic N) is 2. The van der Waals surface area contributed by atoms with Gasteiger partial charge in [0.1, 0.15) is 11.3 Å². The van der Waals surface area contributed by atoms with Gasteiger partial charge in [0.15, 0.2) is 10.6 Å². The summed E-state index contributed by atoms with van der Waals surface area (Å²) in [6.07, 6.45) is 2.53. The topological polar surface area (TPSA) is 72.6 Å². The summed E-state index contributed by atoms with van der Waals surface area (Å²) in [7, 11) is 0. The summed E-state index contributed by atoms with van der Waals surface area (Å²) in [5, 5.41) is 2.80. The van der Waals surface area contributed by atoms with Crippen molar-refractivity contribution in [2.24, 2.45) is 0 Å². The first kappa shape index (κ1) is 20.5. The minimum absolute atomic E-state index is 0.0748. The zero-order valence-corrected chi connectivity index (χ0v) is 18.9. The fourth-order valence-corrected chi connectivity index (χ4v) is 4.74. The molecule has 0 saturated heterocycles. The van der Waals surface area contributed by atoms with E-state index >= 15 is 0 Å². The number of amides is 1. The molecule has 1 aliphatic rings. The number of fused-ring (bicyclic) bond motifs is 2. The van der Waals surface area contributed by atoms with Gasteiger partial charge in [-0.2, -0.15) is 0 Å². The summed E-state index contributed by atoms with van der Waals surface area (Å²) in [5.74, 6) is 0.406. The minimum atomic E-state index is -0.643. The predicted octanol–water partition coefficient (Wildman–Crippen LogP) is 5.40. The van der Waals surface area contributed by atoms with E-state index in [0.29, 0.717) is 34.0 Å². The van der Waals surface area contributed by atoms with E-state index in [1.807, 2.05) is 62.5 Å². The number of carbonyl (C=O) groups excluding carboxylic acids is 1. The first-order valence-electron chi connectivity index (χ1n) is 10.5. The minimum Gasteiger partial charge on any atom is -0.494 e. The Balaban J connectivity index is 1.76. The Morgan fingerprint density at radius 1 is 1.16 bits per heavy atom. The van der Waals surface area contributed by atoms with E-state index in [1.165, 1.54) is 11.3 Å². The van der Waals surface area contributed by atoms with Crippen LogP contribution in [0.15, 0.2) is 57.2 Å². The lowest BCUT2D eigenvalue weighted by Crippen LogP contribution is -2.29. The number of carbonyl (C=O) groups is 1. The van der Waals surface area contributed by atoms with Gasteiger partial charge in [-0.05, 0) is 61.2 Å². The third kappa shape index (κ3) is 3.20.